The van der Waals surface area contributed by atoms with Gasteiger partial charge in [0.05, 0.1) is 6.54 Å². The van der Waals surface area contributed by atoms with Crippen molar-refractivity contribution in [1.82, 2.24) is 0 Å². The van der Waals surface area contributed by atoms with Gasteiger partial charge in [0, 0.05) is 21.9 Å². The fourth-order valence-corrected chi connectivity index (χ4v) is 6.19. The van der Waals surface area contributed by atoms with E-state index in [1.54, 1.807) is 0 Å². The first-order valence-electron chi connectivity index (χ1n) is 15.1. The average molecular weight is 580 g/mol. The van der Waals surface area contributed by atoms with Gasteiger partial charge in [0.2, 0.25) is 0 Å². The Morgan fingerprint density at radius 2 is 1.24 bits per heavy atom. The van der Waals surface area contributed by atoms with Crippen LogP contribution >= 0.6 is 0 Å². The zero-order valence-corrected chi connectivity index (χ0v) is 24.5. The van der Waals surface area contributed by atoms with E-state index in [-0.39, 0.29) is 0 Å². The molecule has 0 saturated heterocycles. The summed E-state index contributed by atoms with van der Waals surface area (Å²) >= 11 is 0. The van der Waals surface area contributed by atoms with Gasteiger partial charge in [-0.25, -0.2) is 4.99 Å². The SMILES string of the molecule is NC(=NC(=NCc1ccccc1)c1ccccc1)c1c(-c2ccc3ccc4ccccc4c3c2)ccc2oc3ccccc3c12. The summed E-state index contributed by atoms with van der Waals surface area (Å²) in [7, 11) is 0. The third kappa shape index (κ3) is 4.92. The van der Waals surface area contributed by atoms with Gasteiger partial charge in [0.1, 0.15) is 17.0 Å². The van der Waals surface area contributed by atoms with Crippen molar-refractivity contribution in [3.05, 3.63) is 168 Å². The average Bonchev–Trinajstić information content (AvgIpc) is 3.49. The highest BCUT2D eigenvalue weighted by Crippen LogP contribution is 2.38. The molecule has 0 aliphatic carbocycles. The molecule has 0 aliphatic heterocycles. The molecule has 0 amide bonds. The van der Waals surface area contributed by atoms with E-state index in [1.165, 1.54) is 21.5 Å². The lowest BCUT2D eigenvalue weighted by Gasteiger charge is -2.14. The van der Waals surface area contributed by atoms with E-state index >= 15 is 0 Å². The predicted octanol–water partition coefficient (Wildman–Crippen LogP) is 9.91. The zero-order valence-electron chi connectivity index (χ0n) is 24.5. The number of furan rings is 1. The number of benzene rings is 7. The quantitative estimate of drug-likeness (QED) is 0.125. The van der Waals surface area contributed by atoms with Crippen molar-refractivity contribution in [2.24, 2.45) is 15.7 Å². The lowest BCUT2D eigenvalue weighted by Crippen LogP contribution is -2.18. The van der Waals surface area contributed by atoms with Crippen molar-refractivity contribution in [3.8, 4) is 11.1 Å². The van der Waals surface area contributed by atoms with Gasteiger partial charge in [-0.2, -0.15) is 0 Å². The Balaban J connectivity index is 1.37. The van der Waals surface area contributed by atoms with Gasteiger partial charge in [0.25, 0.3) is 0 Å². The molecular formula is C41H29N3O. The molecule has 1 aromatic heterocycles. The van der Waals surface area contributed by atoms with Crippen molar-refractivity contribution in [2.45, 2.75) is 6.54 Å². The lowest BCUT2D eigenvalue weighted by molar-refractivity contribution is 0.669. The van der Waals surface area contributed by atoms with Crippen LogP contribution in [0.2, 0.25) is 0 Å². The predicted molar refractivity (Wildman–Crippen MR) is 188 cm³/mol. The van der Waals surface area contributed by atoms with E-state index in [9.17, 15) is 0 Å². The van der Waals surface area contributed by atoms with Crippen LogP contribution in [-0.2, 0) is 6.54 Å². The minimum atomic E-state index is 0.385. The van der Waals surface area contributed by atoms with Gasteiger partial charge in [-0.3, -0.25) is 4.99 Å². The maximum atomic E-state index is 7.09. The Labute approximate surface area is 260 Å². The summed E-state index contributed by atoms with van der Waals surface area (Å²) in [5.74, 6) is 0.966. The molecule has 0 spiro atoms. The summed E-state index contributed by atoms with van der Waals surface area (Å²) in [4.78, 5) is 10.0. The largest absolute Gasteiger partial charge is 0.456 e. The Bertz CT molecular complexity index is 2400. The number of hydrogen-bond donors (Lipinski definition) is 1. The number of amidine groups is 2. The van der Waals surface area contributed by atoms with E-state index in [0.717, 1.165) is 49.8 Å². The molecule has 0 unspecified atom stereocenters. The molecule has 4 heteroatoms. The highest BCUT2D eigenvalue weighted by Gasteiger charge is 2.20. The van der Waals surface area contributed by atoms with Crippen LogP contribution in [0.1, 0.15) is 16.7 Å². The molecule has 8 aromatic rings. The van der Waals surface area contributed by atoms with Crippen LogP contribution in [0.4, 0.5) is 0 Å². The molecule has 0 bridgehead atoms. The monoisotopic (exact) mass is 579 g/mol. The number of fused-ring (bicyclic) bond motifs is 6. The normalized spacial score (nSPS) is 12.4. The van der Waals surface area contributed by atoms with Crippen LogP contribution < -0.4 is 5.73 Å². The van der Waals surface area contributed by atoms with Gasteiger partial charge >= 0.3 is 0 Å². The van der Waals surface area contributed by atoms with Crippen LogP contribution in [0.15, 0.2) is 166 Å². The molecule has 8 rings (SSSR count). The first kappa shape index (κ1) is 26.6. The molecule has 2 N–H and O–H groups in total. The summed E-state index contributed by atoms with van der Waals surface area (Å²) in [5.41, 5.74) is 13.5. The van der Waals surface area contributed by atoms with E-state index in [0.29, 0.717) is 18.2 Å². The van der Waals surface area contributed by atoms with Crippen molar-refractivity contribution in [2.75, 3.05) is 0 Å². The number of hydrogen-bond acceptors (Lipinski definition) is 2. The zero-order chi connectivity index (χ0) is 30.2. The van der Waals surface area contributed by atoms with Crippen molar-refractivity contribution < 1.29 is 4.42 Å². The van der Waals surface area contributed by atoms with Gasteiger partial charge in [-0.1, -0.05) is 127 Å². The Morgan fingerprint density at radius 3 is 2.07 bits per heavy atom. The molecule has 4 nitrogen and oxygen atoms in total. The highest BCUT2D eigenvalue weighted by atomic mass is 16.3. The molecule has 214 valence electrons. The van der Waals surface area contributed by atoms with Crippen LogP contribution in [0.3, 0.4) is 0 Å². The third-order valence-corrected chi connectivity index (χ3v) is 8.37. The first-order chi connectivity index (χ1) is 22.2. The van der Waals surface area contributed by atoms with Gasteiger partial charge in [0.15, 0.2) is 5.84 Å². The molecule has 0 fully saturated rings. The second-order valence-electron chi connectivity index (χ2n) is 11.2. The van der Waals surface area contributed by atoms with E-state index in [1.807, 2.05) is 72.8 Å². The van der Waals surface area contributed by atoms with Gasteiger partial charge in [-0.15, -0.1) is 0 Å². The number of para-hydroxylation sites is 1. The lowest BCUT2D eigenvalue weighted by atomic mass is 9.92. The highest BCUT2D eigenvalue weighted by molar-refractivity contribution is 6.24. The Hall–Kier alpha value is -6.00. The Kier molecular flexibility index (Phi) is 6.65. The standard InChI is InChI=1S/C41H29N3O/c42-40(44-41(30-14-5-2-6-15-30)43-26-27-11-3-1-4-12-27)39-33(23-24-37-38(39)34-17-9-10-18-36(34)45-37)31-22-21-29-20-19-28-13-7-8-16-32(28)35(29)25-31/h1-25H,26H2,(H2,42,43,44). The maximum absolute atomic E-state index is 7.09. The smallest absolute Gasteiger partial charge is 0.157 e. The summed E-state index contributed by atoms with van der Waals surface area (Å²) in [6.45, 7) is 0.491. The first-order valence-corrected chi connectivity index (χ1v) is 15.1. The molecule has 0 saturated carbocycles. The van der Waals surface area contributed by atoms with Crippen molar-refractivity contribution in [1.29, 1.82) is 0 Å². The van der Waals surface area contributed by atoms with Crippen LogP contribution in [0.5, 0.6) is 0 Å². The van der Waals surface area contributed by atoms with Crippen molar-refractivity contribution >= 4 is 55.2 Å². The molecular weight excluding hydrogens is 550 g/mol. The molecule has 1 heterocycles. The number of nitrogens with two attached hydrogens (primary N) is 1. The fourth-order valence-electron chi connectivity index (χ4n) is 6.19. The van der Waals surface area contributed by atoms with Crippen molar-refractivity contribution in [3.63, 3.8) is 0 Å². The molecule has 0 radical (unpaired) electrons. The van der Waals surface area contributed by atoms with E-state index < -0.39 is 0 Å². The number of aliphatic imine (C=N–C) groups is 2. The van der Waals surface area contributed by atoms with Crippen LogP contribution in [-0.4, -0.2) is 11.7 Å². The second kappa shape index (κ2) is 11.3. The summed E-state index contributed by atoms with van der Waals surface area (Å²) in [6.07, 6.45) is 0. The van der Waals surface area contributed by atoms with Gasteiger partial charge < -0.3 is 10.2 Å². The summed E-state index contributed by atoms with van der Waals surface area (Å²) < 4.78 is 6.32. The van der Waals surface area contributed by atoms with Gasteiger partial charge in [-0.05, 0) is 62.5 Å². The molecule has 0 atom stereocenters. The Morgan fingerprint density at radius 1 is 0.578 bits per heavy atom. The topological polar surface area (TPSA) is 63.9 Å². The van der Waals surface area contributed by atoms with E-state index in [4.69, 9.17) is 20.1 Å². The third-order valence-electron chi connectivity index (χ3n) is 8.37. The minimum Gasteiger partial charge on any atom is -0.456 e. The number of nitrogens with zero attached hydrogens (tertiary/aromatic N) is 2. The fraction of sp³-hybridized carbons (Fsp3) is 0.0244. The second-order valence-corrected chi connectivity index (χ2v) is 11.2. The number of rotatable bonds is 5. The molecule has 7 aromatic carbocycles. The maximum Gasteiger partial charge on any atom is 0.157 e. The van der Waals surface area contributed by atoms with Crippen LogP contribution in [0.25, 0.3) is 54.6 Å². The summed E-state index contributed by atoms with van der Waals surface area (Å²) in [5, 5.41) is 6.75. The molecule has 0 aliphatic rings. The minimum absolute atomic E-state index is 0.385. The molecule has 45 heavy (non-hydrogen) atoms. The van der Waals surface area contributed by atoms with Crippen LogP contribution in [0, 0.1) is 0 Å². The van der Waals surface area contributed by atoms with E-state index in [2.05, 4.69) is 78.9 Å². The summed E-state index contributed by atoms with van der Waals surface area (Å²) in [6, 6.07) is 51.9.